The minimum Gasteiger partial charge on any atom is -0.379 e. The van der Waals surface area contributed by atoms with Crippen molar-refractivity contribution in [1.29, 1.82) is 0 Å². The van der Waals surface area contributed by atoms with E-state index in [1.165, 1.54) is 4.90 Å². The van der Waals surface area contributed by atoms with Crippen molar-refractivity contribution in [1.82, 2.24) is 4.90 Å². The molecule has 0 fully saturated rings. The van der Waals surface area contributed by atoms with Crippen molar-refractivity contribution in [2.45, 2.75) is 12.6 Å². The topological polar surface area (TPSA) is 38.8 Å². The predicted molar refractivity (Wildman–Crippen MR) is 63.7 cm³/mol. The molecule has 0 spiro atoms. The van der Waals surface area contributed by atoms with Crippen LogP contribution in [0.15, 0.2) is 0 Å². The first-order valence-corrected chi connectivity index (χ1v) is 6.51. The Balaban J connectivity index is 3.56. The second-order valence-corrected chi connectivity index (χ2v) is 4.33. The molecule has 0 radical (unpaired) electrons. The van der Waals surface area contributed by atoms with Crippen LogP contribution < -0.4 is 0 Å². The molecule has 4 nitrogen and oxygen atoms in total. The standard InChI is InChI=1S/C10H17BrF3NO3/c1-15(4-7-17-6-3-11)9(16)2-5-18-8-10(12,13)14/h2-8H2,1H3. The molecular weight excluding hydrogens is 319 g/mol. The maximum atomic E-state index is 11.7. The van der Waals surface area contributed by atoms with Gasteiger partial charge < -0.3 is 14.4 Å². The SMILES string of the molecule is CN(CCOCCBr)C(=O)CCOCC(F)(F)F. The molecule has 0 atom stereocenters. The van der Waals surface area contributed by atoms with Gasteiger partial charge in [-0.2, -0.15) is 13.2 Å². The molecule has 0 unspecified atom stereocenters. The van der Waals surface area contributed by atoms with Crippen LogP contribution in [0.4, 0.5) is 13.2 Å². The van der Waals surface area contributed by atoms with Crippen molar-refractivity contribution in [3.8, 4) is 0 Å². The van der Waals surface area contributed by atoms with E-state index in [1.807, 2.05) is 0 Å². The third kappa shape index (κ3) is 10.8. The number of hydrogen-bond acceptors (Lipinski definition) is 3. The Morgan fingerprint density at radius 2 is 1.89 bits per heavy atom. The van der Waals surface area contributed by atoms with Gasteiger partial charge in [0, 0.05) is 18.9 Å². The Morgan fingerprint density at radius 3 is 2.44 bits per heavy atom. The molecule has 0 aliphatic rings. The van der Waals surface area contributed by atoms with E-state index >= 15 is 0 Å². The molecule has 0 aromatic rings. The number of alkyl halides is 4. The van der Waals surface area contributed by atoms with Crippen LogP contribution >= 0.6 is 15.9 Å². The number of ether oxygens (including phenoxy) is 2. The summed E-state index contributed by atoms with van der Waals surface area (Å²) in [4.78, 5) is 12.8. The Hall–Kier alpha value is -0.340. The molecular formula is C10H17BrF3NO3. The molecule has 0 aromatic carbocycles. The van der Waals surface area contributed by atoms with Gasteiger partial charge in [-0.25, -0.2) is 0 Å². The monoisotopic (exact) mass is 335 g/mol. The Bertz CT molecular complexity index is 239. The summed E-state index contributed by atoms with van der Waals surface area (Å²) in [5.74, 6) is -0.264. The van der Waals surface area contributed by atoms with Gasteiger partial charge in [-0.3, -0.25) is 4.79 Å². The van der Waals surface area contributed by atoms with Gasteiger partial charge in [-0.05, 0) is 0 Å². The number of rotatable bonds is 9. The molecule has 0 aliphatic heterocycles. The number of amides is 1. The van der Waals surface area contributed by atoms with E-state index in [1.54, 1.807) is 7.05 Å². The van der Waals surface area contributed by atoms with E-state index < -0.39 is 12.8 Å². The maximum Gasteiger partial charge on any atom is 0.411 e. The number of likely N-dealkylation sites (N-methyl/N-ethyl adjacent to an activating group) is 1. The lowest BCUT2D eigenvalue weighted by Gasteiger charge is -2.17. The lowest BCUT2D eigenvalue weighted by atomic mass is 10.4. The zero-order valence-corrected chi connectivity index (χ0v) is 11.7. The smallest absolute Gasteiger partial charge is 0.379 e. The van der Waals surface area contributed by atoms with Gasteiger partial charge in [0.15, 0.2) is 0 Å². The summed E-state index contributed by atoms with van der Waals surface area (Å²) in [7, 11) is 1.57. The molecule has 0 saturated carbocycles. The largest absolute Gasteiger partial charge is 0.411 e. The zero-order valence-electron chi connectivity index (χ0n) is 10.1. The fourth-order valence-corrected chi connectivity index (χ4v) is 1.25. The summed E-state index contributed by atoms with van der Waals surface area (Å²) in [5, 5.41) is 0.718. The summed E-state index contributed by atoms with van der Waals surface area (Å²) in [6.45, 7) is -0.192. The fraction of sp³-hybridized carbons (Fsp3) is 0.900. The van der Waals surface area contributed by atoms with Crippen molar-refractivity contribution in [3.63, 3.8) is 0 Å². The molecule has 0 bridgehead atoms. The first kappa shape index (κ1) is 17.7. The van der Waals surface area contributed by atoms with E-state index in [9.17, 15) is 18.0 Å². The zero-order chi connectivity index (χ0) is 14.0. The highest BCUT2D eigenvalue weighted by Gasteiger charge is 2.27. The highest BCUT2D eigenvalue weighted by atomic mass is 79.9. The quantitative estimate of drug-likeness (QED) is 0.476. The third-order valence-electron chi connectivity index (χ3n) is 1.94. The van der Waals surface area contributed by atoms with Crippen LogP contribution in [-0.2, 0) is 14.3 Å². The van der Waals surface area contributed by atoms with Crippen LogP contribution in [-0.4, -0.2) is 62.3 Å². The number of nitrogens with zero attached hydrogens (tertiary/aromatic N) is 1. The lowest BCUT2D eigenvalue weighted by Crippen LogP contribution is -2.31. The molecule has 0 aliphatic carbocycles. The number of carbonyl (C=O) groups is 1. The van der Waals surface area contributed by atoms with Crippen LogP contribution in [0.1, 0.15) is 6.42 Å². The predicted octanol–water partition coefficient (Wildman–Crippen LogP) is 1.83. The molecule has 18 heavy (non-hydrogen) atoms. The lowest BCUT2D eigenvalue weighted by molar-refractivity contribution is -0.175. The highest BCUT2D eigenvalue weighted by Crippen LogP contribution is 2.14. The first-order chi connectivity index (χ1) is 8.37. The van der Waals surface area contributed by atoms with Gasteiger partial charge in [0.2, 0.25) is 5.91 Å². The number of carbonyl (C=O) groups excluding carboxylic acids is 1. The molecule has 1 amide bonds. The fourth-order valence-electron chi connectivity index (χ4n) is 1.02. The third-order valence-corrected chi connectivity index (χ3v) is 2.27. The Labute approximate surface area is 113 Å². The van der Waals surface area contributed by atoms with Gasteiger partial charge >= 0.3 is 6.18 Å². The molecule has 0 saturated heterocycles. The van der Waals surface area contributed by atoms with Crippen molar-refractivity contribution < 1.29 is 27.4 Å². The number of hydrogen-bond donors (Lipinski definition) is 0. The van der Waals surface area contributed by atoms with Gasteiger partial charge in [0.25, 0.3) is 0 Å². The average molecular weight is 336 g/mol. The average Bonchev–Trinajstić information content (AvgIpc) is 2.28. The van der Waals surface area contributed by atoms with Crippen molar-refractivity contribution in [3.05, 3.63) is 0 Å². The van der Waals surface area contributed by atoms with E-state index in [2.05, 4.69) is 20.7 Å². The molecule has 0 heterocycles. The van der Waals surface area contributed by atoms with E-state index in [4.69, 9.17) is 4.74 Å². The Morgan fingerprint density at radius 1 is 1.22 bits per heavy atom. The summed E-state index contributed by atoms with van der Waals surface area (Å²) in [6, 6.07) is 0. The molecule has 8 heteroatoms. The van der Waals surface area contributed by atoms with Crippen molar-refractivity contribution >= 4 is 21.8 Å². The van der Waals surface area contributed by atoms with Crippen LogP contribution in [0.5, 0.6) is 0 Å². The second kappa shape index (κ2) is 9.57. The van der Waals surface area contributed by atoms with E-state index in [0.29, 0.717) is 19.8 Å². The highest BCUT2D eigenvalue weighted by molar-refractivity contribution is 9.09. The first-order valence-electron chi connectivity index (χ1n) is 5.39. The summed E-state index contributed by atoms with van der Waals surface area (Å²) >= 11 is 3.19. The van der Waals surface area contributed by atoms with Gasteiger partial charge in [-0.15, -0.1) is 0 Å². The Kier molecular flexibility index (Phi) is 9.39. The van der Waals surface area contributed by atoms with Crippen LogP contribution in [0.3, 0.4) is 0 Å². The molecule has 108 valence electrons. The summed E-state index contributed by atoms with van der Waals surface area (Å²) in [6.07, 6.45) is -4.41. The maximum absolute atomic E-state index is 11.7. The van der Waals surface area contributed by atoms with Crippen molar-refractivity contribution in [2.75, 3.05) is 45.4 Å². The number of halogens is 4. The molecule has 0 rings (SSSR count). The molecule has 0 aromatic heterocycles. The van der Waals surface area contributed by atoms with Crippen LogP contribution in [0, 0.1) is 0 Å². The summed E-state index contributed by atoms with van der Waals surface area (Å²) < 4.78 is 44.7. The molecule has 0 N–H and O–H groups in total. The minimum absolute atomic E-state index is 0.0645. The van der Waals surface area contributed by atoms with Gasteiger partial charge in [-0.1, -0.05) is 15.9 Å². The van der Waals surface area contributed by atoms with Crippen LogP contribution in [0.2, 0.25) is 0 Å². The second-order valence-electron chi connectivity index (χ2n) is 3.53. The summed E-state index contributed by atoms with van der Waals surface area (Å²) in [5.41, 5.74) is 0. The van der Waals surface area contributed by atoms with Crippen molar-refractivity contribution in [2.24, 2.45) is 0 Å². The van der Waals surface area contributed by atoms with Gasteiger partial charge in [0.1, 0.15) is 6.61 Å². The van der Waals surface area contributed by atoms with Gasteiger partial charge in [0.05, 0.1) is 26.2 Å². The minimum atomic E-state index is -4.35. The van der Waals surface area contributed by atoms with E-state index in [-0.39, 0.29) is 18.9 Å². The normalized spacial score (nSPS) is 11.6. The van der Waals surface area contributed by atoms with E-state index in [0.717, 1.165) is 5.33 Å². The van der Waals surface area contributed by atoms with Crippen LogP contribution in [0.25, 0.3) is 0 Å².